The Morgan fingerprint density at radius 1 is 1.33 bits per heavy atom. The van der Waals surface area contributed by atoms with Gasteiger partial charge in [0.05, 0.1) is 12.6 Å². The molecule has 0 spiro atoms. The highest BCUT2D eigenvalue weighted by Gasteiger charge is 2.22. The van der Waals surface area contributed by atoms with Crippen LogP contribution < -0.4 is 5.32 Å². The van der Waals surface area contributed by atoms with Crippen molar-refractivity contribution in [3.05, 3.63) is 35.9 Å². The molecular formula is C16H21NO4. The summed E-state index contributed by atoms with van der Waals surface area (Å²) in [5, 5.41) is 21.6. The third-order valence-electron chi connectivity index (χ3n) is 2.42. The van der Waals surface area contributed by atoms with Gasteiger partial charge in [-0.3, -0.25) is 0 Å². The Balaban J connectivity index is 2.64. The molecule has 3 N–H and O–H groups in total. The number of carbonyl (C=O) groups is 1. The predicted molar refractivity (Wildman–Crippen MR) is 79.6 cm³/mol. The van der Waals surface area contributed by atoms with Gasteiger partial charge in [-0.05, 0) is 32.9 Å². The lowest BCUT2D eigenvalue weighted by Crippen LogP contribution is -2.47. The number of aliphatic hydroxyl groups excluding tert-OH is 2. The Morgan fingerprint density at radius 3 is 2.48 bits per heavy atom. The molecule has 0 bridgehead atoms. The zero-order chi connectivity index (χ0) is 15.9. The number of nitrogens with one attached hydrogen (secondary N) is 1. The molecule has 0 heterocycles. The first-order valence-electron chi connectivity index (χ1n) is 6.67. The molecule has 1 amide bonds. The van der Waals surface area contributed by atoms with Gasteiger partial charge in [-0.15, -0.1) is 0 Å². The smallest absolute Gasteiger partial charge is 0.408 e. The molecule has 0 aliphatic heterocycles. The van der Waals surface area contributed by atoms with E-state index >= 15 is 0 Å². The van der Waals surface area contributed by atoms with E-state index in [0.717, 1.165) is 5.56 Å². The number of hydrogen-bond acceptors (Lipinski definition) is 4. The monoisotopic (exact) mass is 291 g/mol. The van der Waals surface area contributed by atoms with Gasteiger partial charge in [-0.1, -0.05) is 30.0 Å². The second kappa shape index (κ2) is 7.67. The number of ether oxygens (including phenoxy) is 1. The maximum atomic E-state index is 11.6. The number of rotatable bonds is 3. The van der Waals surface area contributed by atoms with E-state index < -0.39 is 30.4 Å². The zero-order valence-electron chi connectivity index (χ0n) is 12.5. The summed E-state index contributed by atoms with van der Waals surface area (Å²) in [6, 6.07) is 8.22. The Bertz CT molecular complexity index is 511. The van der Waals surface area contributed by atoms with Gasteiger partial charge in [0.15, 0.2) is 0 Å². The van der Waals surface area contributed by atoms with E-state index in [-0.39, 0.29) is 0 Å². The predicted octanol–water partition coefficient (Wildman–Crippen LogP) is 1.28. The minimum absolute atomic E-state index is 0.441. The van der Waals surface area contributed by atoms with Crippen LogP contribution in [0.1, 0.15) is 26.3 Å². The van der Waals surface area contributed by atoms with Crippen LogP contribution in [0.5, 0.6) is 0 Å². The Kier molecular flexibility index (Phi) is 6.22. The normalized spacial score (nSPS) is 13.6. The SMILES string of the molecule is CC(C)(C)OC(=O)N[C@@H](CO)[C@H](O)C#Cc1ccccc1. The molecule has 0 aliphatic carbocycles. The molecule has 0 fully saturated rings. The highest BCUT2D eigenvalue weighted by atomic mass is 16.6. The van der Waals surface area contributed by atoms with Crippen LogP contribution in [0.2, 0.25) is 0 Å². The third-order valence-corrected chi connectivity index (χ3v) is 2.42. The lowest BCUT2D eigenvalue weighted by atomic mass is 10.1. The summed E-state index contributed by atoms with van der Waals surface area (Å²) >= 11 is 0. The molecule has 5 heteroatoms. The van der Waals surface area contributed by atoms with E-state index in [1.165, 1.54) is 0 Å². The first kappa shape index (κ1) is 17.0. The fraction of sp³-hybridized carbons (Fsp3) is 0.438. The fourth-order valence-electron chi connectivity index (χ4n) is 1.46. The molecule has 114 valence electrons. The van der Waals surface area contributed by atoms with Crippen LogP contribution in [0.4, 0.5) is 4.79 Å². The van der Waals surface area contributed by atoms with Crippen LogP contribution in [0.25, 0.3) is 0 Å². The molecule has 0 saturated carbocycles. The van der Waals surface area contributed by atoms with Crippen LogP contribution in [-0.2, 0) is 4.74 Å². The summed E-state index contributed by atoms with van der Waals surface area (Å²) in [5.41, 5.74) is 0.0932. The first-order valence-corrected chi connectivity index (χ1v) is 6.67. The van der Waals surface area contributed by atoms with Crippen molar-refractivity contribution in [3.63, 3.8) is 0 Å². The van der Waals surface area contributed by atoms with E-state index in [0.29, 0.717) is 0 Å². The van der Waals surface area contributed by atoms with Crippen LogP contribution in [0, 0.1) is 11.8 Å². The molecule has 1 aromatic carbocycles. The van der Waals surface area contributed by atoms with E-state index in [1.54, 1.807) is 32.9 Å². The van der Waals surface area contributed by atoms with Crippen molar-refractivity contribution in [3.8, 4) is 11.8 Å². The second-order valence-electron chi connectivity index (χ2n) is 5.52. The summed E-state index contributed by atoms with van der Waals surface area (Å²) in [6.07, 6.45) is -1.90. The Morgan fingerprint density at radius 2 is 1.95 bits per heavy atom. The summed E-state index contributed by atoms with van der Waals surface area (Å²) in [4.78, 5) is 11.6. The largest absolute Gasteiger partial charge is 0.444 e. The number of carbonyl (C=O) groups excluding carboxylic acids is 1. The van der Waals surface area contributed by atoms with Crippen molar-refractivity contribution >= 4 is 6.09 Å². The first-order chi connectivity index (χ1) is 9.81. The van der Waals surface area contributed by atoms with Gasteiger partial charge in [0, 0.05) is 5.56 Å². The van der Waals surface area contributed by atoms with Gasteiger partial charge in [0.25, 0.3) is 0 Å². The van der Waals surface area contributed by atoms with Crippen LogP contribution >= 0.6 is 0 Å². The molecule has 2 atom stereocenters. The van der Waals surface area contributed by atoms with Crippen molar-refractivity contribution in [1.82, 2.24) is 5.32 Å². The van der Waals surface area contributed by atoms with Gasteiger partial charge in [0.1, 0.15) is 11.7 Å². The molecule has 0 saturated heterocycles. The number of hydrogen-bond donors (Lipinski definition) is 3. The summed E-state index contributed by atoms with van der Waals surface area (Å²) in [7, 11) is 0. The Hall–Kier alpha value is -2.03. The van der Waals surface area contributed by atoms with Gasteiger partial charge >= 0.3 is 6.09 Å². The zero-order valence-corrected chi connectivity index (χ0v) is 12.5. The lowest BCUT2D eigenvalue weighted by molar-refractivity contribution is 0.0413. The Labute approximate surface area is 124 Å². The molecule has 21 heavy (non-hydrogen) atoms. The van der Waals surface area contributed by atoms with E-state index in [2.05, 4.69) is 17.2 Å². The van der Waals surface area contributed by atoms with Crippen molar-refractivity contribution in [2.24, 2.45) is 0 Å². The van der Waals surface area contributed by atoms with Crippen LogP contribution in [0.3, 0.4) is 0 Å². The highest BCUT2D eigenvalue weighted by molar-refractivity contribution is 5.68. The van der Waals surface area contributed by atoms with E-state index in [1.807, 2.05) is 18.2 Å². The van der Waals surface area contributed by atoms with Crippen molar-refractivity contribution in [2.45, 2.75) is 38.5 Å². The van der Waals surface area contributed by atoms with Gasteiger partial charge in [-0.25, -0.2) is 4.79 Å². The summed E-state index contributed by atoms with van der Waals surface area (Å²) in [6.45, 7) is 4.74. The average molecular weight is 291 g/mol. The second-order valence-corrected chi connectivity index (χ2v) is 5.52. The molecule has 0 unspecified atom stereocenters. The highest BCUT2D eigenvalue weighted by Crippen LogP contribution is 2.07. The standard InChI is InChI=1S/C16H21NO4/c1-16(2,3)21-15(20)17-13(11-18)14(19)10-9-12-7-5-4-6-8-12/h4-8,13-14,18-19H,11H2,1-3H3,(H,17,20)/t13-,14+/m0/s1. The molecule has 5 nitrogen and oxygen atoms in total. The van der Waals surface area contributed by atoms with Crippen LogP contribution in [0.15, 0.2) is 30.3 Å². The number of alkyl carbamates (subject to hydrolysis) is 1. The number of amides is 1. The maximum absolute atomic E-state index is 11.6. The minimum atomic E-state index is -1.19. The number of aliphatic hydroxyl groups is 2. The fourth-order valence-corrected chi connectivity index (χ4v) is 1.46. The topological polar surface area (TPSA) is 78.8 Å². The van der Waals surface area contributed by atoms with Crippen molar-refractivity contribution in [2.75, 3.05) is 6.61 Å². The maximum Gasteiger partial charge on any atom is 0.408 e. The lowest BCUT2D eigenvalue weighted by Gasteiger charge is -2.23. The van der Waals surface area contributed by atoms with Gasteiger partial charge in [0.2, 0.25) is 0 Å². The number of benzene rings is 1. The quantitative estimate of drug-likeness (QED) is 0.733. The van der Waals surface area contributed by atoms with Gasteiger partial charge in [-0.2, -0.15) is 0 Å². The van der Waals surface area contributed by atoms with E-state index in [4.69, 9.17) is 4.74 Å². The van der Waals surface area contributed by atoms with Crippen LogP contribution in [-0.4, -0.2) is 40.7 Å². The molecule has 1 aromatic rings. The average Bonchev–Trinajstić information content (AvgIpc) is 2.41. The molecule has 0 aromatic heterocycles. The summed E-state index contributed by atoms with van der Waals surface area (Å²) < 4.78 is 5.06. The molecule has 0 aliphatic rings. The van der Waals surface area contributed by atoms with Gasteiger partial charge < -0.3 is 20.3 Å². The third kappa shape index (κ3) is 6.80. The molecule has 1 rings (SSSR count). The minimum Gasteiger partial charge on any atom is -0.444 e. The molecule has 0 radical (unpaired) electrons. The summed E-state index contributed by atoms with van der Waals surface area (Å²) in [5.74, 6) is 5.37. The van der Waals surface area contributed by atoms with E-state index in [9.17, 15) is 15.0 Å². The van der Waals surface area contributed by atoms with Crippen molar-refractivity contribution in [1.29, 1.82) is 0 Å². The molecular weight excluding hydrogens is 270 g/mol. The van der Waals surface area contributed by atoms with Crippen molar-refractivity contribution < 1.29 is 19.7 Å².